The first kappa shape index (κ1) is 19.4. The maximum absolute atomic E-state index is 12.2. The summed E-state index contributed by atoms with van der Waals surface area (Å²) in [7, 11) is 6.24. The number of carbonyl (C=O) groups is 1. The van der Waals surface area contributed by atoms with Crippen molar-refractivity contribution in [2.45, 2.75) is 45.7 Å². The van der Waals surface area contributed by atoms with Gasteiger partial charge in [0.05, 0.1) is 6.61 Å². The van der Waals surface area contributed by atoms with Crippen LogP contribution in [0.5, 0.6) is 0 Å². The minimum absolute atomic E-state index is 0.158. The summed E-state index contributed by atoms with van der Waals surface area (Å²) in [6.45, 7) is 11.1. The number of nitrogens with one attached hydrogen (secondary N) is 1. The van der Waals surface area contributed by atoms with Crippen LogP contribution >= 0.6 is 0 Å². The quantitative estimate of drug-likeness (QED) is 0.612. The predicted molar refractivity (Wildman–Crippen MR) is 84.0 cm³/mol. The van der Waals surface area contributed by atoms with Gasteiger partial charge in [-0.25, -0.2) is 0 Å². The molecule has 0 aromatic carbocycles. The minimum atomic E-state index is -0.615. The molecule has 0 aliphatic carbocycles. The molecule has 0 aromatic heterocycles. The molecule has 2 atom stereocenters. The molecule has 1 N–H and O–H groups in total. The van der Waals surface area contributed by atoms with Gasteiger partial charge in [-0.2, -0.15) is 0 Å². The molecule has 0 heterocycles. The van der Waals surface area contributed by atoms with Crippen LogP contribution in [-0.4, -0.2) is 74.7 Å². The number of ether oxygens (including phenoxy) is 1. The van der Waals surface area contributed by atoms with E-state index in [9.17, 15) is 4.79 Å². The van der Waals surface area contributed by atoms with Crippen molar-refractivity contribution in [2.75, 3.05) is 47.4 Å². The lowest BCUT2D eigenvalue weighted by molar-refractivity contribution is -0.151. The topological polar surface area (TPSA) is 44.8 Å². The van der Waals surface area contributed by atoms with Gasteiger partial charge < -0.3 is 19.9 Å². The number of rotatable bonds is 10. The molecular formula is C15H33N3O2. The molecule has 2 unspecified atom stereocenters. The third-order valence-corrected chi connectivity index (χ3v) is 3.65. The number of carbonyl (C=O) groups excluding carboxylic acids is 1. The van der Waals surface area contributed by atoms with Gasteiger partial charge in [0.1, 0.15) is 5.54 Å². The zero-order valence-corrected chi connectivity index (χ0v) is 14.3. The van der Waals surface area contributed by atoms with Crippen LogP contribution in [0.4, 0.5) is 0 Å². The number of likely N-dealkylation sites (N-methyl/N-ethyl adjacent to an activating group) is 3. The van der Waals surface area contributed by atoms with Crippen LogP contribution in [0.2, 0.25) is 0 Å². The second kappa shape index (κ2) is 9.32. The van der Waals surface area contributed by atoms with Gasteiger partial charge in [0.25, 0.3) is 0 Å². The second-order valence-corrected chi connectivity index (χ2v) is 5.92. The third-order valence-electron chi connectivity index (χ3n) is 3.65. The molecule has 0 aromatic rings. The van der Waals surface area contributed by atoms with E-state index in [4.69, 9.17) is 4.74 Å². The van der Waals surface area contributed by atoms with E-state index in [-0.39, 0.29) is 5.97 Å². The second-order valence-electron chi connectivity index (χ2n) is 5.92. The van der Waals surface area contributed by atoms with Crippen molar-refractivity contribution in [3.8, 4) is 0 Å². The largest absolute Gasteiger partial charge is 0.465 e. The van der Waals surface area contributed by atoms with Gasteiger partial charge in [-0.1, -0.05) is 6.92 Å². The van der Waals surface area contributed by atoms with Gasteiger partial charge in [-0.3, -0.25) is 4.79 Å². The molecule has 0 amide bonds. The van der Waals surface area contributed by atoms with Crippen molar-refractivity contribution < 1.29 is 9.53 Å². The lowest BCUT2D eigenvalue weighted by atomic mass is 9.93. The Bertz CT molecular complexity index is 284. The molecule has 0 rings (SSSR count). The average molecular weight is 287 g/mol. The van der Waals surface area contributed by atoms with E-state index < -0.39 is 5.54 Å². The Hall–Kier alpha value is -0.650. The van der Waals surface area contributed by atoms with Crippen molar-refractivity contribution in [1.29, 1.82) is 0 Å². The van der Waals surface area contributed by atoms with Crippen LogP contribution < -0.4 is 5.32 Å². The molecule has 0 saturated heterocycles. The summed E-state index contributed by atoms with van der Waals surface area (Å²) in [4.78, 5) is 16.6. The molecule has 0 spiro atoms. The van der Waals surface area contributed by atoms with Crippen LogP contribution in [0.25, 0.3) is 0 Å². The Kier molecular flexibility index (Phi) is 9.01. The van der Waals surface area contributed by atoms with Gasteiger partial charge in [0, 0.05) is 19.1 Å². The summed E-state index contributed by atoms with van der Waals surface area (Å²) >= 11 is 0. The van der Waals surface area contributed by atoms with E-state index in [0.717, 1.165) is 26.1 Å². The Morgan fingerprint density at radius 1 is 1.25 bits per heavy atom. The van der Waals surface area contributed by atoms with Crippen LogP contribution in [0.1, 0.15) is 34.1 Å². The van der Waals surface area contributed by atoms with Crippen molar-refractivity contribution in [1.82, 2.24) is 15.1 Å². The van der Waals surface area contributed by atoms with Crippen molar-refractivity contribution >= 4 is 5.97 Å². The lowest BCUT2D eigenvalue weighted by Gasteiger charge is -2.34. The number of nitrogens with zero attached hydrogens (tertiary/aromatic N) is 2. The Labute approximate surface area is 124 Å². The summed E-state index contributed by atoms with van der Waals surface area (Å²) in [5.74, 6) is -0.158. The van der Waals surface area contributed by atoms with Crippen molar-refractivity contribution in [2.24, 2.45) is 0 Å². The van der Waals surface area contributed by atoms with E-state index in [1.807, 2.05) is 20.8 Å². The minimum Gasteiger partial charge on any atom is -0.465 e. The normalized spacial score (nSPS) is 16.2. The van der Waals surface area contributed by atoms with E-state index in [0.29, 0.717) is 12.6 Å². The Morgan fingerprint density at radius 2 is 1.85 bits per heavy atom. The number of esters is 1. The van der Waals surface area contributed by atoms with Crippen LogP contribution in [0.15, 0.2) is 0 Å². The summed E-state index contributed by atoms with van der Waals surface area (Å²) in [6, 6.07) is 0.309. The lowest BCUT2D eigenvalue weighted by Crippen LogP contribution is -2.54. The zero-order valence-electron chi connectivity index (χ0n) is 14.3. The summed E-state index contributed by atoms with van der Waals surface area (Å²) in [6.07, 6.45) is 0.740. The van der Waals surface area contributed by atoms with Gasteiger partial charge >= 0.3 is 5.97 Å². The molecule has 0 saturated carbocycles. The highest BCUT2D eigenvalue weighted by Crippen LogP contribution is 2.17. The molecule has 20 heavy (non-hydrogen) atoms. The predicted octanol–water partition coefficient (Wildman–Crippen LogP) is 1.19. The molecule has 0 aliphatic rings. The van der Waals surface area contributed by atoms with Crippen LogP contribution in [-0.2, 0) is 9.53 Å². The smallest absolute Gasteiger partial charge is 0.326 e. The van der Waals surface area contributed by atoms with Crippen LogP contribution in [0, 0.1) is 0 Å². The summed E-state index contributed by atoms with van der Waals surface area (Å²) < 4.78 is 5.21. The monoisotopic (exact) mass is 287 g/mol. The van der Waals surface area contributed by atoms with E-state index in [1.54, 1.807) is 0 Å². The summed E-state index contributed by atoms with van der Waals surface area (Å²) in [5.41, 5.74) is -0.615. The standard InChI is InChI=1S/C15H33N3O2/c1-8-16-15(4,14(19)20-9-2)12-13(3)18(7)11-10-17(5)6/h13,16H,8-12H2,1-7H3. The van der Waals surface area contributed by atoms with Crippen molar-refractivity contribution in [3.05, 3.63) is 0 Å². The van der Waals surface area contributed by atoms with Crippen molar-refractivity contribution in [3.63, 3.8) is 0 Å². The number of hydrogen-bond donors (Lipinski definition) is 1. The Morgan fingerprint density at radius 3 is 2.30 bits per heavy atom. The van der Waals surface area contributed by atoms with Gasteiger partial charge in [0.2, 0.25) is 0 Å². The molecule has 0 bridgehead atoms. The average Bonchev–Trinajstić information content (AvgIpc) is 2.36. The molecule has 0 aliphatic heterocycles. The molecule has 120 valence electrons. The molecule has 0 radical (unpaired) electrons. The fourth-order valence-electron chi connectivity index (χ4n) is 2.23. The molecule has 0 fully saturated rings. The van der Waals surface area contributed by atoms with Gasteiger partial charge in [-0.15, -0.1) is 0 Å². The molecule has 5 heteroatoms. The maximum Gasteiger partial charge on any atom is 0.326 e. The highest BCUT2D eigenvalue weighted by atomic mass is 16.5. The highest BCUT2D eigenvalue weighted by molar-refractivity contribution is 5.80. The maximum atomic E-state index is 12.2. The van der Waals surface area contributed by atoms with E-state index in [2.05, 4.69) is 43.2 Å². The highest BCUT2D eigenvalue weighted by Gasteiger charge is 2.36. The SMILES string of the molecule is CCNC(C)(CC(C)N(C)CCN(C)C)C(=O)OCC. The van der Waals surface area contributed by atoms with E-state index in [1.165, 1.54) is 0 Å². The number of hydrogen-bond acceptors (Lipinski definition) is 5. The third kappa shape index (κ3) is 6.68. The van der Waals surface area contributed by atoms with Crippen LogP contribution in [0.3, 0.4) is 0 Å². The molecular weight excluding hydrogens is 254 g/mol. The Balaban J connectivity index is 4.60. The first-order chi connectivity index (χ1) is 9.26. The first-order valence-corrected chi connectivity index (χ1v) is 7.54. The fourth-order valence-corrected chi connectivity index (χ4v) is 2.23. The zero-order chi connectivity index (χ0) is 15.8. The molecule has 5 nitrogen and oxygen atoms in total. The van der Waals surface area contributed by atoms with E-state index >= 15 is 0 Å². The summed E-state index contributed by atoms with van der Waals surface area (Å²) in [5, 5.41) is 3.28. The first-order valence-electron chi connectivity index (χ1n) is 7.54. The fraction of sp³-hybridized carbons (Fsp3) is 0.933. The van der Waals surface area contributed by atoms with Gasteiger partial charge in [0.15, 0.2) is 0 Å². The van der Waals surface area contributed by atoms with Gasteiger partial charge in [-0.05, 0) is 54.9 Å².